The van der Waals surface area contributed by atoms with Crippen LogP contribution in [0.2, 0.25) is 0 Å². The minimum atomic E-state index is -4.51. The Bertz CT molecular complexity index is 604. The van der Waals surface area contributed by atoms with Crippen LogP contribution in [-0.2, 0) is 26.3 Å². The molecule has 1 aliphatic rings. The van der Waals surface area contributed by atoms with Gasteiger partial charge in [-0.25, -0.2) is 4.31 Å². The van der Waals surface area contributed by atoms with Crippen molar-refractivity contribution >= 4 is 51.7 Å². The summed E-state index contributed by atoms with van der Waals surface area (Å²) in [7, 11) is -4.51. The van der Waals surface area contributed by atoms with E-state index >= 15 is 0 Å². The summed E-state index contributed by atoms with van der Waals surface area (Å²) in [6.07, 6.45) is 0.108. The van der Waals surface area contributed by atoms with E-state index in [1.54, 1.807) is 24.3 Å². The van der Waals surface area contributed by atoms with Gasteiger partial charge in [0, 0.05) is 0 Å². The first-order valence-corrected chi connectivity index (χ1v) is 6.90. The SMILES string of the molecule is O=C(Cc1ccccc1)NC1CN(S(=O)(=O)O)C1=O.[NaH]. The van der Waals surface area contributed by atoms with Gasteiger partial charge in [-0.1, -0.05) is 30.3 Å². The van der Waals surface area contributed by atoms with Gasteiger partial charge in [-0.05, 0) is 5.56 Å². The summed E-state index contributed by atoms with van der Waals surface area (Å²) in [5, 5.41) is 2.41. The molecule has 2 N–H and O–H groups in total. The third kappa shape index (κ3) is 4.03. The molecule has 2 amide bonds. The summed E-state index contributed by atoms with van der Waals surface area (Å²) in [4.78, 5) is 23.0. The Kier molecular flexibility index (Phi) is 5.72. The van der Waals surface area contributed by atoms with Crippen molar-refractivity contribution in [3.05, 3.63) is 35.9 Å². The number of amides is 2. The number of rotatable bonds is 4. The van der Waals surface area contributed by atoms with Crippen molar-refractivity contribution in [3.8, 4) is 0 Å². The second-order valence-corrected chi connectivity index (χ2v) is 5.47. The molecule has 0 radical (unpaired) electrons. The number of nitrogens with one attached hydrogen (secondary N) is 1. The van der Waals surface area contributed by atoms with E-state index in [0.29, 0.717) is 4.31 Å². The summed E-state index contributed by atoms with van der Waals surface area (Å²) >= 11 is 0. The molecule has 2 rings (SSSR count). The van der Waals surface area contributed by atoms with E-state index in [0.717, 1.165) is 5.56 Å². The first-order chi connectivity index (χ1) is 8.88. The molecule has 20 heavy (non-hydrogen) atoms. The Morgan fingerprint density at radius 1 is 1.35 bits per heavy atom. The van der Waals surface area contributed by atoms with E-state index in [1.165, 1.54) is 0 Å². The van der Waals surface area contributed by atoms with Gasteiger partial charge in [-0.15, -0.1) is 0 Å². The van der Waals surface area contributed by atoms with Crippen LogP contribution in [0.25, 0.3) is 0 Å². The average Bonchev–Trinajstić information content (AvgIpc) is 2.33. The number of hydrogen-bond donors (Lipinski definition) is 2. The van der Waals surface area contributed by atoms with Gasteiger partial charge >= 0.3 is 39.9 Å². The molecule has 9 heteroatoms. The average molecular weight is 308 g/mol. The fraction of sp³-hybridized carbons (Fsp3) is 0.273. The first kappa shape index (κ1) is 17.1. The molecule has 1 fully saturated rings. The van der Waals surface area contributed by atoms with Crippen LogP contribution < -0.4 is 5.32 Å². The summed E-state index contributed by atoms with van der Waals surface area (Å²) in [5.74, 6) is -1.21. The zero-order valence-electron chi connectivity index (χ0n) is 9.81. The molecule has 1 heterocycles. The van der Waals surface area contributed by atoms with Gasteiger partial charge in [0.05, 0.1) is 13.0 Å². The molecular weight excluding hydrogens is 295 g/mol. The Morgan fingerprint density at radius 2 is 1.95 bits per heavy atom. The van der Waals surface area contributed by atoms with Crippen LogP contribution in [0.5, 0.6) is 0 Å². The van der Waals surface area contributed by atoms with Crippen LogP contribution in [0.4, 0.5) is 0 Å². The molecular formula is C11H13N2NaO5S. The number of carbonyl (C=O) groups is 2. The van der Waals surface area contributed by atoms with E-state index in [1.807, 2.05) is 6.07 Å². The minimum absolute atomic E-state index is 0. The molecule has 1 aromatic rings. The molecule has 0 spiro atoms. The van der Waals surface area contributed by atoms with Gasteiger partial charge in [0.1, 0.15) is 6.04 Å². The van der Waals surface area contributed by atoms with E-state index in [4.69, 9.17) is 4.55 Å². The van der Waals surface area contributed by atoms with Crippen molar-refractivity contribution in [3.63, 3.8) is 0 Å². The van der Waals surface area contributed by atoms with Crippen molar-refractivity contribution in [2.24, 2.45) is 0 Å². The van der Waals surface area contributed by atoms with Crippen LogP contribution in [-0.4, -0.2) is 71.2 Å². The molecule has 1 saturated heterocycles. The zero-order chi connectivity index (χ0) is 14.0. The van der Waals surface area contributed by atoms with Crippen molar-refractivity contribution in [1.82, 2.24) is 9.62 Å². The van der Waals surface area contributed by atoms with Gasteiger partial charge in [0.15, 0.2) is 0 Å². The number of benzene rings is 1. The van der Waals surface area contributed by atoms with Crippen molar-refractivity contribution in [2.75, 3.05) is 6.54 Å². The summed E-state index contributed by atoms with van der Waals surface area (Å²) in [6, 6.07) is 8.05. The second kappa shape index (κ2) is 6.68. The van der Waals surface area contributed by atoms with Crippen LogP contribution >= 0.6 is 0 Å². The van der Waals surface area contributed by atoms with E-state index in [9.17, 15) is 18.0 Å². The van der Waals surface area contributed by atoms with Crippen LogP contribution in [0, 0.1) is 0 Å². The normalized spacial score (nSPS) is 17.9. The fourth-order valence-electron chi connectivity index (χ4n) is 1.74. The fourth-order valence-corrected chi connectivity index (χ4v) is 2.43. The Hall–Kier alpha value is -0.930. The molecule has 7 nitrogen and oxygen atoms in total. The molecule has 0 saturated carbocycles. The van der Waals surface area contributed by atoms with E-state index in [-0.39, 0.29) is 48.4 Å². The third-order valence-electron chi connectivity index (χ3n) is 2.71. The van der Waals surface area contributed by atoms with Crippen molar-refractivity contribution < 1.29 is 22.6 Å². The predicted octanol–water partition coefficient (Wildman–Crippen LogP) is -1.29. The van der Waals surface area contributed by atoms with E-state index in [2.05, 4.69) is 5.32 Å². The Morgan fingerprint density at radius 3 is 2.45 bits per heavy atom. The third-order valence-corrected chi connectivity index (χ3v) is 3.60. The summed E-state index contributed by atoms with van der Waals surface area (Å²) in [6.45, 7) is -0.238. The number of nitrogens with zero attached hydrogens (tertiary/aromatic N) is 1. The van der Waals surface area contributed by atoms with Gasteiger partial charge in [0.25, 0.3) is 5.91 Å². The van der Waals surface area contributed by atoms with Crippen molar-refractivity contribution in [2.45, 2.75) is 12.5 Å². The molecule has 1 unspecified atom stereocenters. The topological polar surface area (TPSA) is 104 Å². The second-order valence-electron chi connectivity index (χ2n) is 4.13. The van der Waals surface area contributed by atoms with E-state index < -0.39 is 22.3 Å². The number of hydrogen-bond acceptors (Lipinski definition) is 4. The van der Waals surface area contributed by atoms with Crippen molar-refractivity contribution in [1.29, 1.82) is 0 Å². The Balaban J connectivity index is 0.00000200. The van der Waals surface area contributed by atoms with Gasteiger partial charge in [-0.2, -0.15) is 8.42 Å². The van der Waals surface area contributed by atoms with Gasteiger partial charge in [0.2, 0.25) is 5.91 Å². The molecule has 104 valence electrons. The van der Waals surface area contributed by atoms with Gasteiger partial charge in [-0.3, -0.25) is 14.1 Å². The van der Waals surface area contributed by atoms with Crippen LogP contribution in [0.15, 0.2) is 30.3 Å². The monoisotopic (exact) mass is 308 g/mol. The molecule has 0 aliphatic carbocycles. The first-order valence-electron chi connectivity index (χ1n) is 5.50. The summed E-state index contributed by atoms with van der Waals surface area (Å²) in [5.41, 5.74) is 0.790. The maximum absolute atomic E-state index is 11.6. The number of β-lactam (4-membered cyclic amide) rings is 1. The quantitative estimate of drug-likeness (QED) is 0.409. The maximum atomic E-state index is 11.6. The molecule has 1 aliphatic heterocycles. The Labute approximate surface area is 138 Å². The molecule has 1 aromatic carbocycles. The number of carbonyl (C=O) groups excluding carboxylic acids is 2. The molecule has 0 bridgehead atoms. The predicted molar refractivity (Wildman–Crippen MR) is 72.5 cm³/mol. The zero-order valence-corrected chi connectivity index (χ0v) is 10.6. The van der Waals surface area contributed by atoms with Crippen LogP contribution in [0.1, 0.15) is 5.56 Å². The standard InChI is InChI=1S/C11H12N2O5S.Na.H/c14-10(6-8-4-2-1-3-5-8)12-9-7-13(11(9)15)19(16,17)18;;/h1-5,9H,6-7H2,(H,12,14)(H,16,17,18);;. The molecule has 0 aromatic heterocycles. The van der Waals surface area contributed by atoms with Crippen LogP contribution in [0.3, 0.4) is 0 Å². The summed E-state index contributed by atoms with van der Waals surface area (Å²) < 4.78 is 30.4. The van der Waals surface area contributed by atoms with Gasteiger partial charge < -0.3 is 5.32 Å². The molecule has 1 atom stereocenters.